The van der Waals surface area contributed by atoms with E-state index in [2.05, 4.69) is 30.6 Å². The van der Waals surface area contributed by atoms with Gasteiger partial charge >= 0.3 is 0 Å². The van der Waals surface area contributed by atoms with Gasteiger partial charge in [0.05, 0.1) is 0 Å². The third-order valence-corrected chi connectivity index (χ3v) is 1.98. The molecule has 0 N–H and O–H groups in total. The molecule has 0 heterocycles. The smallest absolute Gasteiger partial charge is 0.0277 e. The zero-order valence-electron chi connectivity index (χ0n) is 9.54. The van der Waals surface area contributed by atoms with Crippen molar-refractivity contribution < 1.29 is 0 Å². The third kappa shape index (κ3) is 5.31. The van der Waals surface area contributed by atoms with Crippen molar-refractivity contribution in [2.24, 2.45) is 4.99 Å². The van der Waals surface area contributed by atoms with Crippen molar-refractivity contribution in [3.63, 3.8) is 0 Å². The van der Waals surface area contributed by atoms with E-state index < -0.39 is 0 Å². The highest BCUT2D eigenvalue weighted by Gasteiger charge is 1.89. The van der Waals surface area contributed by atoms with Gasteiger partial charge < -0.3 is 0 Å². The van der Waals surface area contributed by atoms with Crippen LogP contribution in [-0.4, -0.2) is 13.3 Å². The van der Waals surface area contributed by atoms with E-state index in [0.29, 0.717) is 0 Å². The molecule has 0 atom stereocenters. The van der Waals surface area contributed by atoms with Gasteiger partial charge in [-0.15, -0.1) is 0 Å². The first kappa shape index (κ1) is 12.6. The number of aliphatic imine (C=N–C) groups is 1. The molecule has 0 bridgehead atoms. The topological polar surface area (TPSA) is 12.4 Å². The van der Waals surface area contributed by atoms with Crippen LogP contribution in [-0.2, 0) is 0 Å². The van der Waals surface area contributed by atoms with Gasteiger partial charge in [-0.05, 0) is 38.0 Å². The summed E-state index contributed by atoms with van der Waals surface area (Å²) in [5.41, 5.74) is 3.39. The Hall–Kier alpha value is -1.37. The molecule has 1 heteroatoms. The summed E-state index contributed by atoms with van der Waals surface area (Å²) in [7, 11) is 1.76. The van der Waals surface area contributed by atoms with Crippen LogP contribution in [0.1, 0.15) is 20.8 Å². The molecule has 0 fully saturated rings. The lowest BCUT2D eigenvalue weighted by atomic mass is 10.1. The zero-order valence-corrected chi connectivity index (χ0v) is 9.54. The van der Waals surface area contributed by atoms with E-state index in [4.69, 9.17) is 0 Å². The molecule has 0 aromatic carbocycles. The highest BCUT2D eigenvalue weighted by atomic mass is 14.6. The molecular weight excluding hydrogens is 170 g/mol. The van der Waals surface area contributed by atoms with Crippen molar-refractivity contribution in [1.29, 1.82) is 0 Å². The average molecular weight is 189 g/mol. The van der Waals surface area contributed by atoms with Crippen molar-refractivity contribution in [3.8, 4) is 0 Å². The largest absolute Gasteiger partial charge is 0.297 e. The molecule has 0 aliphatic carbocycles. The molecule has 14 heavy (non-hydrogen) atoms. The molecule has 0 radical (unpaired) electrons. The van der Waals surface area contributed by atoms with Crippen molar-refractivity contribution in [2.75, 3.05) is 7.05 Å². The number of allylic oxidation sites excluding steroid dienone is 7. The Morgan fingerprint density at radius 2 is 1.86 bits per heavy atom. The molecule has 0 unspecified atom stereocenters. The normalized spacial score (nSPS) is 14.3. The van der Waals surface area contributed by atoms with Crippen LogP contribution in [0.4, 0.5) is 0 Å². The summed E-state index contributed by atoms with van der Waals surface area (Å²) in [4.78, 5) is 3.89. The van der Waals surface area contributed by atoms with Gasteiger partial charge in [-0.1, -0.05) is 30.4 Å². The molecule has 0 rings (SSSR count). The maximum atomic E-state index is 3.97. The van der Waals surface area contributed by atoms with Gasteiger partial charge in [0.15, 0.2) is 0 Å². The second-order valence-corrected chi connectivity index (χ2v) is 3.15. The van der Waals surface area contributed by atoms with Crippen molar-refractivity contribution in [3.05, 3.63) is 47.6 Å². The summed E-state index contributed by atoms with van der Waals surface area (Å²) in [6, 6.07) is 0. The van der Waals surface area contributed by atoms with Crippen LogP contribution in [0.25, 0.3) is 0 Å². The summed E-state index contributed by atoms with van der Waals surface area (Å²) in [5, 5.41) is 0. The Kier molecular flexibility index (Phi) is 6.38. The van der Waals surface area contributed by atoms with E-state index in [-0.39, 0.29) is 0 Å². The van der Waals surface area contributed by atoms with Crippen LogP contribution in [0, 0.1) is 0 Å². The molecule has 0 aromatic heterocycles. The fraction of sp³-hybridized carbons (Fsp3) is 0.308. The maximum absolute atomic E-state index is 3.97. The van der Waals surface area contributed by atoms with Crippen molar-refractivity contribution in [2.45, 2.75) is 20.8 Å². The number of hydrogen-bond donors (Lipinski definition) is 0. The molecule has 1 nitrogen and oxygen atoms in total. The van der Waals surface area contributed by atoms with Gasteiger partial charge in [-0.2, -0.15) is 0 Å². The second-order valence-electron chi connectivity index (χ2n) is 3.15. The molecular formula is C13H19N. The SMILES string of the molecule is C=C(/C=C\C(C)=C/C)/C(C)=C/C=N\C. The first-order chi connectivity index (χ1) is 6.61. The Bertz CT molecular complexity index is 301. The molecule has 0 aromatic rings. The van der Waals surface area contributed by atoms with E-state index in [1.54, 1.807) is 13.3 Å². The average Bonchev–Trinajstić information content (AvgIpc) is 2.21. The van der Waals surface area contributed by atoms with E-state index in [1.807, 2.05) is 26.0 Å². The fourth-order valence-electron chi connectivity index (χ4n) is 0.753. The standard InChI is InChI=1S/C13H19N/c1-6-11(2)7-8-12(3)13(4)9-10-14-5/h6-10H,3H2,1-2,4-5H3/b8-7-,11-6-,13-9+,14-10-. The van der Waals surface area contributed by atoms with Crippen LogP contribution in [0.15, 0.2) is 52.6 Å². The van der Waals surface area contributed by atoms with Gasteiger partial charge in [0.25, 0.3) is 0 Å². The summed E-state index contributed by atoms with van der Waals surface area (Å²) >= 11 is 0. The highest BCUT2D eigenvalue weighted by molar-refractivity contribution is 5.73. The minimum absolute atomic E-state index is 1.02. The Morgan fingerprint density at radius 3 is 2.36 bits per heavy atom. The minimum Gasteiger partial charge on any atom is -0.297 e. The number of hydrogen-bond acceptors (Lipinski definition) is 1. The van der Waals surface area contributed by atoms with E-state index in [0.717, 1.165) is 11.1 Å². The second kappa shape index (κ2) is 7.07. The van der Waals surface area contributed by atoms with Crippen LogP contribution < -0.4 is 0 Å². The minimum atomic E-state index is 1.02. The van der Waals surface area contributed by atoms with Crippen molar-refractivity contribution in [1.82, 2.24) is 0 Å². The molecule has 0 aliphatic rings. The Morgan fingerprint density at radius 1 is 1.21 bits per heavy atom. The molecule has 76 valence electrons. The first-order valence-corrected chi connectivity index (χ1v) is 4.71. The summed E-state index contributed by atoms with van der Waals surface area (Å²) in [6.07, 6.45) is 9.87. The Balaban J connectivity index is 4.43. The maximum Gasteiger partial charge on any atom is 0.0277 e. The van der Waals surface area contributed by atoms with Gasteiger partial charge in [0.2, 0.25) is 0 Å². The predicted octanol–water partition coefficient (Wildman–Crippen LogP) is 3.71. The predicted molar refractivity (Wildman–Crippen MR) is 65.9 cm³/mol. The summed E-state index contributed by atoms with van der Waals surface area (Å²) in [6.45, 7) is 10.1. The lowest BCUT2D eigenvalue weighted by Crippen LogP contribution is -1.80. The van der Waals surface area contributed by atoms with Gasteiger partial charge in [-0.3, -0.25) is 4.99 Å². The summed E-state index contributed by atoms with van der Waals surface area (Å²) < 4.78 is 0. The fourth-order valence-corrected chi connectivity index (χ4v) is 0.753. The van der Waals surface area contributed by atoms with E-state index in [9.17, 15) is 0 Å². The third-order valence-electron chi connectivity index (χ3n) is 1.98. The van der Waals surface area contributed by atoms with Gasteiger partial charge in [-0.25, -0.2) is 0 Å². The van der Waals surface area contributed by atoms with Crippen LogP contribution in [0.3, 0.4) is 0 Å². The molecule has 0 saturated carbocycles. The molecule has 0 saturated heterocycles. The lowest BCUT2D eigenvalue weighted by molar-refractivity contribution is 1.41. The lowest BCUT2D eigenvalue weighted by Gasteiger charge is -1.98. The van der Waals surface area contributed by atoms with E-state index in [1.165, 1.54) is 5.57 Å². The molecule has 0 amide bonds. The van der Waals surface area contributed by atoms with Gasteiger partial charge in [0, 0.05) is 13.3 Å². The van der Waals surface area contributed by atoms with E-state index >= 15 is 0 Å². The van der Waals surface area contributed by atoms with Crippen molar-refractivity contribution >= 4 is 6.21 Å². The molecule has 0 spiro atoms. The van der Waals surface area contributed by atoms with Crippen LogP contribution >= 0.6 is 0 Å². The van der Waals surface area contributed by atoms with Crippen LogP contribution in [0.5, 0.6) is 0 Å². The number of rotatable bonds is 4. The monoisotopic (exact) mass is 189 g/mol. The summed E-state index contributed by atoms with van der Waals surface area (Å²) in [5.74, 6) is 0. The van der Waals surface area contributed by atoms with Gasteiger partial charge in [0.1, 0.15) is 0 Å². The Labute approximate surface area is 87.3 Å². The molecule has 0 aliphatic heterocycles. The zero-order chi connectivity index (χ0) is 11.0. The van der Waals surface area contributed by atoms with Crippen LogP contribution in [0.2, 0.25) is 0 Å². The highest BCUT2D eigenvalue weighted by Crippen LogP contribution is 2.08. The number of nitrogens with zero attached hydrogens (tertiary/aromatic N) is 1. The first-order valence-electron chi connectivity index (χ1n) is 4.71. The quantitative estimate of drug-likeness (QED) is 0.472.